The number of likely N-dealkylation sites (N-methyl/N-ethyl adjacent to an activating group) is 1. The van der Waals surface area contributed by atoms with Gasteiger partial charge in [-0.15, -0.1) is 0 Å². The van der Waals surface area contributed by atoms with E-state index in [4.69, 9.17) is 4.74 Å². The number of thioether (sulfide) groups is 1. The number of ether oxygens (including phenoxy) is 1. The molecule has 0 saturated heterocycles. The van der Waals surface area contributed by atoms with E-state index in [1.165, 1.54) is 18.9 Å². The predicted octanol–water partition coefficient (Wildman–Crippen LogP) is 1.80. The Morgan fingerprint density at radius 2 is 2.14 bits per heavy atom. The van der Waals surface area contributed by atoms with E-state index in [0.717, 1.165) is 10.7 Å². The van der Waals surface area contributed by atoms with Gasteiger partial charge in [0, 0.05) is 25.2 Å². The van der Waals surface area contributed by atoms with Crippen LogP contribution in [0.2, 0.25) is 0 Å². The monoisotopic (exact) mass is 305 g/mol. The van der Waals surface area contributed by atoms with Gasteiger partial charge in [-0.2, -0.15) is 0 Å². The standard InChI is InChI=1S/C15H19N3O2S/c1-16-15(13(19)20-3,12-7-5-4-6-8-12)11-21-14-17-9-10-18(14)2/h4-10,16H,11H2,1-3H3. The Morgan fingerprint density at radius 1 is 1.43 bits per heavy atom. The topological polar surface area (TPSA) is 56.2 Å². The average molecular weight is 305 g/mol. The Kier molecular flexibility index (Phi) is 5.03. The van der Waals surface area contributed by atoms with Gasteiger partial charge in [0.2, 0.25) is 0 Å². The fraction of sp³-hybridized carbons (Fsp3) is 0.333. The summed E-state index contributed by atoms with van der Waals surface area (Å²) >= 11 is 1.51. The third kappa shape index (κ3) is 3.11. The molecule has 1 heterocycles. The minimum Gasteiger partial charge on any atom is -0.467 e. The number of esters is 1. The van der Waals surface area contributed by atoms with E-state index in [-0.39, 0.29) is 5.97 Å². The van der Waals surface area contributed by atoms with Gasteiger partial charge in [-0.05, 0) is 12.6 Å². The van der Waals surface area contributed by atoms with Gasteiger partial charge < -0.3 is 14.6 Å². The molecule has 6 heteroatoms. The van der Waals surface area contributed by atoms with Gasteiger partial charge >= 0.3 is 5.97 Å². The second kappa shape index (κ2) is 6.78. The summed E-state index contributed by atoms with van der Waals surface area (Å²) in [6, 6.07) is 9.59. The Balaban J connectivity index is 2.32. The number of hydrogen-bond acceptors (Lipinski definition) is 5. The van der Waals surface area contributed by atoms with Gasteiger partial charge in [0.1, 0.15) is 0 Å². The Hall–Kier alpha value is -1.79. The van der Waals surface area contributed by atoms with Gasteiger partial charge in [-0.25, -0.2) is 9.78 Å². The molecular formula is C15H19N3O2S. The lowest BCUT2D eigenvalue weighted by atomic mass is 9.92. The minimum absolute atomic E-state index is 0.307. The summed E-state index contributed by atoms with van der Waals surface area (Å²) < 4.78 is 6.94. The van der Waals surface area contributed by atoms with Gasteiger partial charge in [-0.1, -0.05) is 42.1 Å². The molecule has 1 unspecified atom stereocenters. The Labute approximate surface area is 128 Å². The van der Waals surface area contributed by atoms with Crippen LogP contribution < -0.4 is 5.32 Å². The zero-order chi connectivity index (χ0) is 15.3. The molecule has 0 amide bonds. The molecule has 1 atom stereocenters. The summed E-state index contributed by atoms with van der Waals surface area (Å²) in [7, 11) is 5.10. The number of methoxy groups -OCH3 is 1. The third-order valence-electron chi connectivity index (χ3n) is 3.42. The SMILES string of the molecule is CNC(CSc1nccn1C)(C(=O)OC)c1ccccc1. The van der Waals surface area contributed by atoms with Crippen LogP contribution >= 0.6 is 11.8 Å². The van der Waals surface area contributed by atoms with E-state index >= 15 is 0 Å². The number of aromatic nitrogens is 2. The zero-order valence-electron chi connectivity index (χ0n) is 12.4. The van der Waals surface area contributed by atoms with Crippen molar-refractivity contribution >= 4 is 17.7 Å². The van der Waals surface area contributed by atoms with Crippen LogP contribution in [-0.2, 0) is 22.1 Å². The largest absolute Gasteiger partial charge is 0.467 e. The van der Waals surface area contributed by atoms with Crippen molar-refractivity contribution in [2.45, 2.75) is 10.7 Å². The highest BCUT2D eigenvalue weighted by Crippen LogP contribution is 2.30. The molecule has 2 rings (SSSR count). The van der Waals surface area contributed by atoms with Crippen LogP contribution in [0.1, 0.15) is 5.56 Å². The highest BCUT2D eigenvalue weighted by Gasteiger charge is 2.40. The first kappa shape index (κ1) is 15.6. The number of carbonyl (C=O) groups excluding carboxylic acids is 1. The van der Waals surface area contributed by atoms with Gasteiger partial charge in [0.15, 0.2) is 10.7 Å². The number of nitrogens with one attached hydrogen (secondary N) is 1. The molecule has 2 aromatic rings. The van der Waals surface area contributed by atoms with Gasteiger partial charge in [0.05, 0.1) is 7.11 Å². The van der Waals surface area contributed by atoms with E-state index in [1.807, 2.05) is 48.1 Å². The lowest BCUT2D eigenvalue weighted by Crippen LogP contribution is -2.50. The molecule has 5 nitrogen and oxygen atoms in total. The minimum atomic E-state index is -0.896. The molecule has 0 radical (unpaired) electrons. The van der Waals surface area contributed by atoms with Crippen molar-refractivity contribution in [2.24, 2.45) is 7.05 Å². The molecule has 21 heavy (non-hydrogen) atoms. The first-order chi connectivity index (χ1) is 10.1. The normalized spacial score (nSPS) is 13.7. The maximum absolute atomic E-state index is 12.4. The molecule has 0 aliphatic rings. The summed E-state index contributed by atoms with van der Waals surface area (Å²) in [6.07, 6.45) is 3.62. The molecule has 0 aliphatic carbocycles. The molecule has 0 spiro atoms. The summed E-state index contributed by atoms with van der Waals surface area (Å²) in [5.41, 5.74) is -0.0202. The summed E-state index contributed by atoms with van der Waals surface area (Å²) in [6.45, 7) is 0. The quantitative estimate of drug-likeness (QED) is 0.651. The van der Waals surface area contributed by atoms with E-state index in [0.29, 0.717) is 5.75 Å². The summed E-state index contributed by atoms with van der Waals surface area (Å²) in [5, 5.41) is 3.99. The molecule has 0 bridgehead atoms. The molecule has 0 saturated carbocycles. The van der Waals surface area contributed by atoms with E-state index in [9.17, 15) is 4.79 Å². The highest BCUT2D eigenvalue weighted by atomic mass is 32.2. The average Bonchev–Trinajstić information content (AvgIpc) is 2.94. The number of aryl methyl sites for hydroxylation is 1. The second-order valence-electron chi connectivity index (χ2n) is 4.62. The van der Waals surface area contributed by atoms with Crippen molar-refractivity contribution in [3.05, 3.63) is 48.3 Å². The van der Waals surface area contributed by atoms with Gasteiger partial charge in [0.25, 0.3) is 0 Å². The first-order valence-electron chi connectivity index (χ1n) is 6.57. The number of rotatable bonds is 6. The van der Waals surface area contributed by atoms with E-state index < -0.39 is 5.54 Å². The summed E-state index contributed by atoms with van der Waals surface area (Å²) in [4.78, 5) is 16.7. The smallest absolute Gasteiger partial charge is 0.331 e. The zero-order valence-corrected chi connectivity index (χ0v) is 13.2. The Morgan fingerprint density at radius 3 is 2.67 bits per heavy atom. The van der Waals surface area contributed by atoms with Crippen LogP contribution in [0.25, 0.3) is 0 Å². The number of carbonyl (C=O) groups is 1. The van der Waals surface area contributed by atoms with E-state index in [2.05, 4.69) is 10.3 Å². The molecule has 1 N–H and O–H groups in total. The predicted molar refractivity (Wildman–Crippen MR) is 83.1 cm³/mol. The Bertz CT molecular complexity index is 600. The molecule has 1 aromatic heterocycles. The highest BCUT2D eigenvalue weighted by molar-refractivity contribution is 7.99. The fourth-order valence-electron chi connectivity index (χ4n) is 2.14. The van der Waals surface area contributed by atoms with Crippen molar-refractivity contribution in [2.75, 3.05) is 19.9 Å². The van der Waals surface area contributed by atoms with Crippen LogP contribution in [0, 0.1) is 0 Å². The van der Waals surface area contributed by atoms with Crippen LogP contribution in [0.15, 0.2) is 47.9 Å². The van der Waals surface area contributed by atoms with Crippen molar-refractivity contribution < 1.29 is 9.53 Å². The third-order valence-corrected chi connectivity index (χ3v) is 4.65. The fourth-order valence-corrected chi connectivity index (χ4v) is 3.31. The van der Waals surface area contributed by atoms with Crippen LogP contribution in [-0.4, -0.2) is 35.4 Å². The lowest BCUT2D eigenvalue weighted by Gasteiger charge is -2.30. The second-order valence-corrected chi connectivity index (χ2v) is 5.56. The molecular weight excluding hydrogens is 286 g/mol. The maximum Gasteiger partial charge on any atom is 0.331 e. The molecule has 1 aromatic carbocycles. The first-order valence-corrected chi connectivity index (χ1v) is 7.55. The van der Waals surface area contributed by atoms with Gasteiger partial charge in [-0.3, -0.25) is 0 Å². The van der Waals surface area contributed by atoms with Crippen molar-refractivity contribution in [3.63, 3.8) is 0 Å². The van der Waals surface area contributed by atoms with Crippen molar-refractivity contribution in [1.29, 1.82) is 0 Å². The van der Waals surface area contributed by atoms with E-state index in [1.54, 1.807) is 13.2 Å². The number of imidazole rings is 1. The lowest BCUT2D eigenvalue weighted by molar-refractivity contribution is -0.147. The number of hydrogen-bond donors (Lipinski definition) is 1. The van der Waals surface area contributed by atoms with Crippen LogP contribution in [0.5, 0.6) is 0 Å². The van der Waals surface area contributed by atoms with Crippen molar-refractivity contribution in [1.82, 2.24) is 14.9 Å². The molecule has 0 fully saturated rings. The maximum atomic E-state index is 12.4. The number of nitrogens with zero attached hydrogens (tertiary/aromatic N) is 2. The number of benzene rings is 1. The van der Waals surface area contributed by atoms with Crippen molar-refractivity contribution in [3.8, 4) is 0 Å². The van der Waals surface area contributed by atoms with Crippen LogP contribution in [0.4, 0.5) is 0 Å². The molecule has 0 aliphatic heterocycles. The summed E-state index contributed by atoms with van der Waals surface area (Å²) in [5.74, 6) is 0.184. The van der Waals surface area contributed by atoms with Crippen LogP contribution in [0.3, 0.4) is 0 Å². The molecule has 112 valence electrons.